The Morgan fingerprint density at radius 2 is 2.27 bits per heavy atom. The molecule has 1 saturated carbocycles. The van der Waals surface area contributed by atoms with Crippen LogP contribution in [0.25, 0.3) is 0 Å². The van der Waals surface area contributed by atoms with E-state index in [2.05, 4.69) is 17.2 Å². The second-order valence-corrected chi connectivity index (χ2v) is 5.57. The van der Waals surface area contributed by atoms with Crippen LogP contribution in [0.4, 0.5) is 0 Å². The average Bonchev–Trinajstić information content (AvgIpc) is 2.96. The summed E-state index contributed by atoms with van der Waals surface area (Å²) < 4.78 is 0. The van der Waals surface area contributed by atoms with Crippen LogP contribution in [-0.2, 0) is 6.54 Å². The van der Waals surface area contributed by atoms with Gasteiger partial charge in [-0.25, -0.2) is 4.98 Å². The number of nitrogens with zero attached hydrogens (tertiary/aromatic N) is 1. The van der Waals surface area contributed by atoms with Crippen LogP contribution in [0.5, 0.6) is 0 Å². The minimum absolute atomic E-state index is 0.160. The predicted octanol–water partition coefficient (Wildman–Crippen LogP) is 1.62. The highest BCUT2D eigenvalue weighted by molar-refractivity contribution is 7.11. The van der Waals surface area contributed by atoms with E-state index >= 15 is 0 Å². The maximum Gasteiger partial charge on any atom is 0.107 e. The van der Waals surface area contributed by atoms with Crippen LogP contribution in [-0.4, -0.2) is 22.7 Å². The summed E-state index contributed by atoms with van der Waals surface area (Å²) in [6.45, 7) is 5.61. The second kappa shape index (κ2) is 4.60. The second-order valence-electron chi connectivity index (χ2n) is 4.28. The molecule has 0 bridgehead atoms. The van der Waals surface area contributed by atoms with Crippen molar-refractivity contribution in [1.29, 1.82) is 0 Å². The molecule has 0 aliphatic heterocycles. The van der Waals surface area contributed by atoms with Gasteiger partial charge >= 0.3 is 0 Å². The molecule has 1 aromatic heterocycles. The van der Waals surface area contributed by atoms with Crippen molar-refractivity contribution in [3.05, 3.63) is 15.6 Å². The van der Waals surface area contributed by atoms with Gasteiger partial charge in [-0.2, -0.15) is 0 Å². The minimum atomic E-state index is -0.160. The van der Waals surface area contributed by atoms with Gasteiger partial charge in [-0.15, -0.1) is 11.3 Å². The number of aliphatic hydroxyl groups is 1. The van der Waals surface area contributed by atoms with Gasteiger partial charge < -0.3 is 10.4 Å². The number of thiazole rings is 1. The maximum atomic E-state index is 9.65. The fourth-order valence-corrected chi connectivity index (χ4v) is 2.49. The normalized spacial score (nSPS) is 18.1. The van der Waals surface area contributed by atoms with Crippen LogP contribution in [0, 0.1) is 19.8 Å². The first-order chi connectivity index (χ1) is 7.16. The molecular weight excluding hydrogens is 208 g/mol. The molecule has 0 saturated heterocycles. The van der Waals surface area contributed by atoms with E-state index in [0.717, 1.165) is 17.2 Å². The Labute approximate surface area is 94.5 Å². The average molecular weight is 226 g/mol. The lowest BCUT2D eigenvalue weighted by Crippen LogP contribution is -2.27. The number of aliphatic hydroxyl groups excluding tert-OH is 1. The topological polar surface area (TPSA) is 45.2 Å². The fourth-order valence-electron chi connectivity index (χ4n) is 1.59. The Bertz CT molecular complexity index is 314. The smallest absolute Gasteiger partial charge is 0.107 e. The summed E-state index contributed by atoms with van der Waals surface area (Å²) in [5.41, 5.74) is 1.12. The molecule has 1 aliphatic rings. The first-order valence-electron chi connectivity index (χ1n) is 5.48. The van der Waals surface area contributed by atoms with Crippen molar-refractivity contribution in [3.8, 4) is 0 Å². The van der Waals surface area contributed by atoms with E-state index in [9.17, 15) is 5.11 Å². The summed E-state index contributed by atoms with van der Waals surface area (Å²) in [6.07, 6.45) is 2.23. The van der Waals surface area contributed by atoms with Crippen molar-refractivity contribution in [1.82, 2.24) is 10.3 Å². The van der Waals surface area contributed by atoms with E-state index in [1.54, 1.807) is 11.3 Å². The van der Waals surface area contributed by atoms with Crippen LogP contribution < -0.4 is 5.32 Å². The summed E-state index contributed by atoms with van der Waals surface area (Å²) in [5.74, 6) is 0.553. The van der Waals surface area contributed by atoms with Crippen molar-refractivity contribution >= 4 is 11.3 Å². The van der Waals surface area contributed by atoms with E-state index in [-0.39, 0.29) is 6.10 Å². The summed E-state index contributed by atoms with van der Waals surface area (Å²) in [7, 11) is 0. The van der Waals surface area contributed by atoms with E-state index in [1.807, 2.05) is 6.92 Å². The third-order valence-corrected chi connectivity index (χ3v) is 3.94. The molecule has 84 valence electrons. The van der Waals surface area contributed by atoms with Crippen LogP contribution in [0.3, 0.4) is 0 Å². The SMILES string of the molecule is Cc1nc(CNCC(O)C2CC2)sc1C. The molecule has 1 atom stereocenters. The number of hydrogen-bond donors (Lipinski definition) is 2. The highest BCUT2D eigenvalue weighted by atomic mass is 32.1. The van der Waals surface area contributed by atoms with Gasteiger partial charge in [0, 0.05) is 18.0 Å². The predicted molar refractivity (Wildman–Crippen MR) is 62.0 cm³/mol. The van der Waals surface area contributed by atoms with Gasteiger partial charge in [0.25, 0.3) is 0 Å². The molecule has 0 aromatic carbocycles. The molecule has 0 amide bonds. The van der Waals surface area contributed by atoms with Crippen LogP contribution >= 0.6 is 11.3 Å². The van der Waals surface area contributed by atoms with Crippen molar-refractivity contribution in [2.45, 2.75) is 39.3 Å². The molecule has 0 spiro atoms. The van der Waals surface area contributed by atoms with E-state index in [0.29, 0.717) is 12.5 Å². The molecule has 0 radical (unpaired) electrons. The Kier molecular flexibility index (Phi) is 3.38. The van der Waals surface area contributed by atoms with Crippen LogP contribution in [0.15, 0.2) is 0 Å². The van der Waals surface area contributed by atoms with Crippen molar-refractivity contribution in [2.24, 2.45) is 5.92 Å². The summed E-state index contributed by atoms with van der Waals surface area (Å²) in [6, 6.07) is 0. The number of aromatic nitrogens is 1. The van der Waals surface area contributed by atoms with Gasteiger partial charge in [0.15, 0.2) is 0 Å². The van der Waals surface area contributed by atoms with Crippen LogP contribution in [0.2, 0.25) is 0 Å². The first kappa shape index (κ1) is 11.0. The molecule has 1 aliphatic carbocycles. The molecule has 1 heterocycles. The van der Waals surface area contributed by atoms with Crippen LogP contribution in [0.1, 0.15) is 28.4 Å². The fraction of sp³-hybridized carbons (Fsp3) is 0.727. The summed E-state index contributed by atoms with van der Waals surface area (Å²) >= 11 is 1.73. The molecule has 1 aromatic rings. The molecule has 15 heavy (non-hydrogen) atoms. The lowest BCUT2D eigenvalue weighted by atomic mass is 10.2. The van der Waals surface area contributed by atoms with Gasteiger partial charge in [0.05, 0.1) is 11.8 Å². The highest BCUT2D eigenvalue weighted by Gasteiger charge is 2.29. The lowest BCUT2D eigenvalue weighted by Gasteiger charge is -2.08. The summed E-state index contributed by atoms with van der Waals surface area (Å²) in [4.78, 5) is 5.73. The molecule has 2 rings (SSSR count). The molecule has 1 fully saturated rings. The van der Waals surface area contributed by atoms with Gasteiger partial charge in [-0.05, 0) is 32.6 Å². The van der Waals surface area contributed by atoms with E-state index < -0.39 is 0 Å². The first-order valence-corrected chi connectivity index (χ1v) is 6.30. The number of hydrogen-bond acceptors (Lipinski definition) is 4. The van der Waals surface area contributed by atoms with Gasteiger partial charge in [-0.3, -0.25) is 0 Å². The molecule has 3 nitrogen and oxygen atoms in total. The maximum absolute atomic E-state index is 9.65. The largest absolute Gasteiger partial charge is 0.392 e. The Morgan fingerprint density at radius 1 is 1.53 bits per heavy atom. The molecule has 2 N–H and O–H groups in total. The molecule has 1 unspecified atom stereocenters. The molecular formula is C11H18N2OS. The third kappa shape index (κ3) is 3.00. The Hall–Kier alpha value is -0.450. The number of nitrogens with one attached hydrogen (secondary N) is 1. The number of aryl methyl sites for hydroxylation is 2. The van der Waals surface area contributed by atoms with Crippen molar-refractivity contribution < 1.29 is 5.11 Å². The van der Waals surface area contributed by atoms with Crippen molar-refractivity contribution in [2.75, 3.05) is 6.54 Å². The zero-order valence-electron chi connectivity index (χ0n) is 9.29. The van der Waals surface area contributed by atoms with Gasteiger partial charge in [0.1, 0.15) is 5.01 Å². The Morgan fingerprint density at radius 3 is 2.80 bits per heavy atom. The Balaban J connectivity index is 1.73. The third-order valence-electron chi connectivity index (χ3n) is 2.87. The zero-order chi connectivity index (χ0) is 10.8. The van der Waals surface area contributed by atoms with E-state index in [4.69, 9.17) is 0 Å². The standard InChI is InChI=1S/C11H18N2OS/c1-7-8(2)15-11(13-7)6-12-5-10(14)9-3-4-9/h9-10,12,14H,3-6H2,1-2H3. The quantitative estimate of drug-likeness (QED) is 0.802. The van der Waals surface area contributed by atoms with Crippen molar-refractivity contribution in [3.63, 3.8) is 0 Å². The zero-order valence-corrected chi connectivity index (χ0v) is 10.1. The number of rotatable bonds is 5. The summed E-state index contributed by atoms with van der Waals surface area (Å²) in [5, 5.41) is 14.0. The van der Waals surface area contributed by atoms with E-state index in [1.165, 1.54) is 17.7 Å². The minimum Gasteiger partial charge on any atom is -0.392 e. The lowest BCUT2D eigenvalue weighted by molar-refractivity contribution is 0.148. The van der Waals surface area contributed by atoms with Gasteiger partial charge in [0.2, 0.25) is 0 Å². The molecule has 4 heteroatoms. The van der Waals surface area contributed by atoms with Gasteiger partial charge in [-0.1, -0.05) is 0 Å². The monoisotopic (exact) mass is 226 g/mol. The highest BCUT2D eigenvalue weighted by Crippen LogP contribution is 2.32.